The van der Waals surface area contributed by atoms with Gasteiger partial charge in [0.25, 0.3) is 5.91 Å². The molecule has 4 rings (SSSR count). The Labute approximate surface area is 186 Å². The Hall–Kier alpha value is -2.32. The zero-order valence-corrected chi connectivity index (χ0v) is 18.8. The van der Waals surface area contributed by atoms with E-state index in [1.54, 1.807) is 13.2 Å². The number of thiophene rings is 1. The van der Waals surface area contributed by atoms with Crippen LogP contribution in [0.3, 0.4) is 0 Å². The maximum Gasteiger partial charge on any atom is 0.266 e. The summed E-state index contributed by atoms with van der Waals surface area (Å²) in [6.45, 7) is 5.71. The van der Waals surface area contributed by atoms with Crippen molar-refractivity contribution in [3.05, 3.63) is 64.3 Å². The topological polar surface area (TPSA) is 44.8 Å². The van der Waals surface area contributed by atoms with Gasteiger partial charge in [-0.1, -0.05) is 18.2 Å². The van der Waals surface area contributed by atoms with Crippen LogP contribution in [0.5, 0.6) is 0 Å². The van der Waals surface area contributed by atoms with Crippen molar-refractivity contribution in [1.29, 1.82) is 0 Å². The highest BCUT2D eigenvalue weighted by molar-refractivity contribution is 7.21. The minimum absolute atomic E-state index is 0.189. The molecule has 2 aromatic carbocycles. The molecule has 1 aliphatic heterocycles. The van der Waals surface area contributed by atoms with Gasteiger partial charge in [-0.15, -0.1) is 11.3 Å². The van der Waals surface area contributed by atoms with Crippen LogP contribution in [0.2, 0.25) is 0 Å². The third-order valence-corrected chi connectivity index (χ3v) is 6.98. The first-order chi connectivity index (χ1) is 15.0. The minimum atomic E-state index is -0.329. The number of nitrogens with zero attached hydrogens (tertiary/aromatic N) is 2. The van der Waals surface area contributed by atoms with Crippen molar-refractivity contribution in [2.45, 2.75) is 13.0 Å². The van der Waals surface area contributed by atoms with Crippen molar-refractivity contribution in [3.63, 3.8) is 0 Å². The molecule has 1 N–H and O–H groups in total. The van der Waals surface area contributed by atoms with Gasteiger partial charge in [-0.3, -0.25) is 4.79 Å². The molecule has 0 saturated carbocycles. The number of anilines is 1. The van der Waals surface area contributed by atoms with Crippen LogP contribution in [0.1, 0.15) is 20.8 Å². The number of benzene rings is 2. The van der Waals surface area contributed by atoms with Gasteiger partial charge in [0.2, 0.25) is 0 Å². The van der Waals surface area contributed by atoms with Crippen LogP contribution in [0.25, 0.3) is 10.1 Å². The summed E-state index contributed by atoms with van der Waals surface area (Å²) in [6.07, 6.45) is 0.992. The van der Waals surface area contributed by atoms with Gasteiger partial charge in [0.15, 0.2) is 0 Å². The molecular weight excluding hydrogens is 413 g/mol. The third kappa shape index (κ3) is 5.13. The number of likely N-dealkylation sites (N-methyl/N-ethyl adjacent to an activating group) is 1. The standard InChI is InChI=1S/C24H28FN3O2S/c1-27-12-14-28(15-13-27)11-10-17-6-8-18(9-7-17)26-24(29)23-19(16-30-2)22-20(25)4-3-5-21(22)31-23/h3-9H,10-16H2,1-2H3,(H,26,29). The van der Waals surface area contributed by atoms with Crippen molar-refractivity contribution in [2.75, 3.05) is 52.2 Å². The Bertz CT molecular complexity index is 1040. The van der Waals surface area contributed by atoms with E-state index in [4.69, 9.17) is 4.74 Å². The molecule has 0 bridgehead atoms. The van der Waals surface area contributed by atoms with Crippen molar-refractivity contribution in [3.8, 4) is 0 Å². The summed E-state index contributed by atoms with van der Waals surface area (Å²) in [5.74, 6) is -0.567. The van der Waals surface area contributed by atoms with Gasteiger partial charge in [-0.2, -0.15) is 0 Å². The number of rotatable bonds is 7. The summed E-state index contributed by atoms with van der Waals surface area (Å²) < 4.78 is 20.3. The Morgan fingerprint density at radius 3 is 2.58 bits per heavy atom. The Kier molecular flexibility index (Phi) is 6.97. The van der Waals surface area contributed by atoms with E-state index in [-0.39, 0.29) is 18.3 Å². The van der Waals surface area contributed by atoms with Gasteiger partial charge in [-0.25, -0.2) is 4.39 Å². The van der Waals surface area contributed by atoms with Crippen molar-refractivity contribution in [1.82, 2.24) is 9.80 Å². The van der Waals surface area contributed by atoms with Crippen LogP contribution in [0.15, 0.2) is 42.5 Å². The number of amides is 1. The molecule has 5 nitrogen and oxygen atoms in total. The molecule has 0 unspecified atom stereocenters. The normalized spacial score (nSPS) is 15.5. The molecule has 31 heavy (non-hydrogen) atoms. The fraction of sp³-hybridized carbons (Fsp3) is 0.375. The maximum atomic E-state index is 14.4. The van der Waals surface area contributed by atoms with Gasteiger partial charge in [0, 0.05) is 61.2 Å². The lowest BCUT2D eigenvalue weighted by Gasteiger charge is -2.32. The van der Waals surface area contributed by atoms with E-state index in [9.17, 15) is 9.18 Å². The predicted molar refractivity (Wildman–Crippen MR) is 125 cm³/mol. The van der Waals surface area contributed by atoms with E-state index >= 15 is 0 Å². The lowest BCUT2D eigenvalue weighted by atomic mass is 10.1. The number of piperazine rings is 1. The van der Waals surface area contributed by atoms with Crippen LogP contribution in [-0.2, 0) is 17.8 Å². The fourth-order valence-corrected chi connectivity index (χ4v) is 5.05. The fourth-order valence-electron chi connectivity index (χ4n) is 3.93. The van der Waals surface area contributed by atoms with Gasteiger partial charge in [-0.05, 0) is 43.3 Å². The van der Waals surface area contributed by atoms with Crippen LogP contribution in [0.4, 0.5) is 10.1 Å². The largest absolute Gasteiger partial charge is 0.380 e. The van der Waals surface area contributed by atoms with Crippen molar-refractivity contribution < 1.29 is 13.9 Å². The minimum Gasteiger partial charge on any atom is -0.380 e. The Balaban J connectivity index is 1.42. The molecular formula is C24H28FN3O2S. The summed E-state index contributed by atoms with van der Waals surface area (Å²) in [5.41, 5.74) is 2.58. The zero-order chi connectivity index (χ0) is 21.8. The summed E-state index contributed by atoms with van der Waals surface area (Å²) in [5, 5.41) is 3.42. The number of carbonyl (C=O) groups excluding carboxylic acids is 1. The first kappa shape index (κ1) is 21.9. The Morgan fingerprint density at radius 2 is 1.87 bits per heavy atom. The number of halogens is 1. The quantitative estimate of drug-likeness (QED) is 0.596. The number of carbonyl (C=O) groups is 1. The van der Waals surface area contributed by atoms with Gasteiger partial charge in [0.1, 0.15) is 5.82 Å². The lowest BCUT2D eigenvalue weighted by molar-refractivity contribution is 0.102. The smallest absolute Gasteiger partial charge is 0.266 e. The summed E-state index contributed by atoms with van der Waals surface area (Å²) in [4.78, 5) is 18.3. The molecule has 1 amide bonds. The second-order valence-electron chi connectivity index (χ2n) is 8.00. The summed E-state index contributed by atoms with van der Waals surface area (Å²) >= 11 is 1.29. The molecule has 0 aliphatic carbocycles. The average molecular weight is 442 g/mol. The van der Waals surface area contributed by atoms with Gasteiger partial charge in [0.05, 0.1) is 11.5 Å². The van der Waals surface area contributed by atoms with E-state index < -0.39 is 0 Å². The van der Waals surface area contributed by atoms with E-state index in [1.807, 2.05) is 18.2 Å². The monoisotopic (exact) mass is 441 g/mol. The molecule has 3 aromatic rings. The zero-order valence-electron chi connectivity index (χ0n) is 18.0. The number of fused-ring (bicyclic) bond motifs is 1. The van der Waals surface area contributed by atoms with Crippen molar-refractivity contribution >= 4 is 33.0 Å². The maximum absolute atomic E-state index is 14.4. The number of hydrogen-bond donors (Lipinski definition) is 1. The van der Waals surface area contributed by atoms with E-state index in [0.29, 0.717) is 15.8 Å². The van der Waals surface area contributed by atoms with Gasteiger partial charge >= 0.3 is 0 Å². The van der Waals surface area contributed by atoms with E-state index in [1.165, 1.54) is 23.0 Å². The third-order valence-electron chi connectivity index (χ3n) is 5.78. The first-order valence-electron chi connectivity index (χ1n) is 10.5. The molecule has 0 spiro atoms. The van der Waals surface area contributed by atoms with Gasteiger partial charge < -0.3 is 19.9 Å². The summed E-state index contributed by atoms with van der Waals surface area (Å²) in [6, 6.07) is 12.9. The molecule has 0 atom stereocenters. The molecule has 2 heterocycles. The highest BCUT2D eigenvalue weighted by Gasteiger charge is 2.21. The molecule has 1 aliphatic rings. The van der Waals surface area contributed by atoms with Crippen molar-refractivity contribution in [2.24, 2.45) is 0 Å². The van der Waals surface area contributed by atoms with E-state index in [0.717, 1.165) is 49.5 Å². The number of methoxy groups -OCH3 is 1. The average Bonchev–Trinajstić information content (AvgIpc) is 3.15. The molecule has 164 valence electrons. The highest BCUT2D eigenvalue weighted by Crippen LogP contribution is 2.34. The van der Waals surface area contributed by atoms with Crippen LogP contribution >= 0.6 is 11.3 Å². The second kappa shape index (κ2) is 9.87. The first-order valence-corrected chi connectivity index (χ1v) is 11.4. The summed E-state index contributed by atoms with van der Waals surface area (Å²) in [7, 11) is 3.71. The number of nitrogens with one attached hydrogen (secondary N) is 1. The highest BCUT2D eigenvalue weighted by atomic mass is 32.1. The Morgan fingerprint density at radius 1 is 1.13 bits per heavy atom. The van der Waals surface area contributed by atoms with Crippen LogP contribution in [0, 0.1) is 5.82 Å². The van der Waals surface area contributed by atoms with E-state index in [2.05, 4.69) is 34.3 Å². The van der Waals surface area contributed by atoms with Crippen LogP contribution in [-0.4, -0.2) is 62.6 Å². The molecule has 0 radical (unpaired) electrons. The number of hydrogen-bond acceptors (Lipinski definition) is 5. The lowest BCUT2D eigenvalue weighted by Crippen LogP contribution is -2.45. The predicted octanol–water partition coefficient (Wildman–Crippen LogP) is 4.23. The molecule has 7 heteroatoms. The molecule has 1 aromatic heterocycles. The number of ether oxygens (including phenoxy) is 1. The molecule has 1 fully saturated rings. The van der Waals surface area contributed by atoms with Crippen LogP contribution < -0.4 is 5.32 Å². The second-order valence-corrected chi connectivity index (χ2v) is 9.05. The SMILES string of the molecule is COCc1c(C(=O)Nc2ccc(CCN3CCN(C)CC3)cc2)sc2cccc(F)c12. The molecule has 1 saturated heterocycles.